The molecule has 0 N–H and O–H groups in total. The summed E-state index contributed by atoms with van der Waals surface area (Å²) in [6, 6.07) is 0. The van der Waals surface area contributed by atoms with Crippen LogP contribution in [0.2, 0.25) is 5.15 Å². The standard InChI is InChI=1S/C10H9ClN4S/c1-6-7(2)10(15-14-9(6)11)16-8-5-12-3-4-13-8/h3-5H,1-2H3. The lowest BCUT2D eigenvalue weighted by molar-refractivity contribution is 0.888. The molecule has 0 saturated carbocycles. The van der Waals surface area contributed by atoms with Crippen LogP contribution in [0.4, 0.5) is 0 Å². The molecule has 2 heterocycles. The molecule has 2 aromatic rings. The summed E-state index contributed by atoms with van der Waals surface area (Å²) in [4.78, 5) is 8.16. The number of halogens is 1. The van der Waals surface area contributed by atoms with Crippen LogP contribution in [0.5, 0.6) is 0 Å². The molecule has 0 bridgehead atoms. The summed E-state index contributed by atoms with van der Waals surface area (Å²) < 4.78 is 0. The van der Waals surface area contributed by atoms with Crippen molar-refractivity contribution in [2.24, 2.45) is 0 Å². The van der Waals surface area contributed by atoms with E-state index in [0.29, 0.717) is 5.15 Å². The number of rotatable bonds is 2. The fraction of sp³-hybridized carbons (Fsp3) is 0.200. The minimum Gasteiger partial charge on any atom is -0.260 e. The van der Waals surface area contributed by atoms with Crippen LogP contribution in [0.3, 0.4) is 0 Å². The third-order valence-electron chi connectivity index (χ3n) is 2.16. The van der Waals surface area contributed by atoms with E-state index in [0.717, 1.165) is 21.2 Å². The highest BCUT2D eigenvalue weighted by molar-refractivity contribution is 7.99. The number of nitrogens with zero attached hydrogens (tertiary/aromatic N) is 4. The van der Waals surface area contributed by atoms with E-state index in [1.165, 1.54) is 11.8 Å². The average Bonchev–Trinajstić information content (AvgIpc) is 2.31. The first-order valence-corrected chi connectivity index (χ1v) is 5.81. The Morgan fingerprint density at radius 2 is 1.94 bits per heavy atom. The normalized spacial score (nSPS) is 10.4. The highest BCUT2D eigenvalue weighted by Crippen LogP contribution is 2.28. The summed E-state index contributed by atoms with van der Waals surface area (Å²) in [6.45, 7) is 3.89. The molecule has 0 atom stereocenters. The van der Waals surface area contributed by atoms with Crippen molar-refractivity contribution < 1.29 is 0 Å². The Bertz CT molecular complexity index is 504. The van der Waals surface area contributed by atoms with Crippen LogP contribution in [-0.4, -0.2) is 20.2 Å². The van der Waals surface area contributed by atoms with Crippen molar-refractivity contribution >= 4 is 23.4 Å². The van der Waals surface area contributed by atoms with Crippen molar-refractivity contribution in [3.63, 3.8) is 0 Å². The van der Waals surface area contributed by atoms with E-state index in [-0.39, 0.29) is 0 Å². The molecule has 2 rings (SSSR count). The fourth-order valence-electron chi connectivity index (χ4n) is 1.09. The summed E-state index contributed by atoms with van der Waals surface area (Å²) in [6.07, 6.45) is 4.97. The predicted molar refractivity (Wildman–Crippen MR) is 62.7 cm³/mol. The quantitative estimate of drug-likeness (QED) is 0.823. The Morgan fingerprint density at radius 1 is 1.12 bits per heavy atom. The lowest BCUT2D eigenvalue weighted by atomic mass is 10.2. The second-order valence-corrected chi connectivity index (χ2v) is 4.56. The highest BCUT2D eigenvalue weighted by atomic mass is 35.5. The Hall–Kier alpha value is -1.20. The van der Waals surface area contributed by atoms with Gasteiger partial charge in [-0.25, -0.2) is 4.98 Å². The van der Waals surface area contributed by atoms with Crippen LogP contribution in [0.25, 0.3) is 0 Å². The van der Waals surface area contributed by atoms with Gasteiger partial charge in [0.1, 0.15) is 10.1 Å². The monoisotopic (exact) mass is 252 g/mol. The van der Waals surface area contributed by atoms with Crippen molar-refractivity contribution in [1.82, 2.24) is 20.2 Å². The smallest absolute Gasteiger partial charge is 0.154 e. The largest absolute Gasteiger partial charge is 0.260 e. The van der Waals surface area contributed by atoms with Gasteiger partial charge in [-0.3, -0.25) is 4.98 Å². The van der Waals surface area contributed by atoms with Gasteiger partial charge in [-0.1, -0.05) is 11.6 Å². The maximum Gasteiger partial charge on any atom is 0.154 e. The molecule has 0 unspecified atom stereocenters. The summed E-state index contributed by atoms with van der Waals surface area (Å²) in [5, 5.41) is 9.98. The molecule has 4 nitrogen and oxygen atoms in total. The molecule has 0 amide bonds. The summed E-state index contributed by atoms with van der Waals surface area (Å²) >= 11 is 7.31. The first kappa shape index (κ1) is 11.3. The van der Waals surface area contributed by atoms with E-state index < -0.39 is 0 Å². The fourth-order valence-corrected chi connectivity index (χ4v) is 2.08. The zero-order chi connectivity index (χ0) is 11.5. The van der Waals surface area contributed by atoms with E-state index in [2.05, 4.69) is 20.2 Å². The van der Waals surface area contributed by atoms with Gasteiger partial charge in [0.15, 0.2) is 5.15 Å². The number of aromatic nitrogens is 4. The van der Waals surface area contributed by atoms with E-state index >= 15 is 0 Å². The van der Waals surface area contributed by atoms with Crippen LogP contribution in [0.15, 0.2) is 28.6 Å². The zero-order valence-corrected chi connectivity index (χ0v) is 10.4. The van der Waals surface area contributed by atoms with E-state index in [9.17, 15) is 0 Å². The van der Waals surface area contributed by atoms with Crippen molar-refractivity contribution in [1.29, 1.82) is 0 Å². The van der Waals surface area contributed by atoms with Crippen LogP contribution < -0.4 is 0 Å². The van der Waals surface area contributed by atoms with Crippen molar-refractivity contribution in [3.05, 3.63) is 34.9 Å². The molecule has 0 aliphatic heterocycles. The van der Waals surface area contributed by atoms with Crippen LogP contribution in [0, 0.1) is 13.8 Å². The zero-order valence-electron chi connectivity index (χ0n) is 8.81. The Balaban J connectivity index is 2.33. The molecule has 0 aliphatic rings. The van der Waals surface area contributed by atoms with Gasteiger partial charge in [-0.2, -0.15) is 0 Å². The van der Waals surface area contributed by atoms with Gasteiger partial charge < -0.3 is 0 Å². The first-order chi connectivity index (χ1) is 7.68. The van der Waals surface area contributed by atoms with Gasteiger partial charge in [0, 0.05) is 12.4 Å². The lowest BCUT2D eigenvalue weighted by Crippen LogP contribution is -1.95. The molecular formula is C10H9ClN4S. The van der Waals surface area contributed by atoms with Crippen LogP contribution in [-0.2, 0) is 0 Å². The minimum atomic E-state index is 0.445. The molecule has 0 fully saturated rings. The molecule has 0 saturated heterocycles. The molecule has 82 valence electrons. The Kier molecular flexibility index (Phi) is 3.36. The molecule has 0 aromatic carbocycles. The SMILES string of the molecule is Cc1c(Cl)nnc(Sc2cnccn2)c1C. The second-order valence-electron chi connectivity index (χ2n) is 3.19. The molecule has 0 spiro atoms. The number of hydrogen-bond acceptors (Lipinski definition) is 5. The summed E-state index contributed by atoms with van der Waals surface area (Å²) in [7, 11) is 0. The first-order valence-electron chi connectivity index (χ1n) is 4.61. The average molecular weight is 253 g/mol. The Morgan fingerprint density at radius 3 is 2.62 bits per heavy atom. The van der Waals surface area contributed by atoms with Gasteiger partial charge >= 0.3 is 0 Å². The van der Waals surface area contributed by atoms with Crippen LogP contribution >= 0.6 is 23.4 Å². The van der Waals surface area contributed by atoms with Crippen molar-refractivity contribution in [2.75, 3.05) is 0 Å². The molecule has 0 radical (unpaired) electrons. The minimum absolute atomic E-state index is 0.445. The van der Waals surface area contributed by atoms with Gasteiger partial charge in [-0.05, 0) is 36.7 Å². The van der Waals surface area contributed by atoms with E-state index in [4.69, 9.17) is 11.6 Å². The van der Waals surface area contributed by atoms with Crippen LogP contribution in [0.1, 0.15) is 11.1 Å². The summed E-state index contributed by atoms with van der Waals surface area (Å²) in [5.41, 5.74) is 1.97. The van der Waals surface area contributed by atoms with Crippen molar-refractivity contribution in [2.45, 2.75) is 23.9 Å². The second kappa shape index (κ2) is 4.76. The lowest BCUT2D eigenvalue weighted by Gasteiger charge is -2.06. The summed E-state index contributed by atoms with van der Waals surface area (Å²) in [5.74, 6) is 0. The maximum atomic E-state index is 5.88. The molecule has 16 heavy (non-hydrogen) atoms. The van der Waals surface area contributed by atoms with E-state index in [1.54, 1.807) is 18.6 Å². The molecule has 2 aromatic heterocycles. The number of hydrogen-bond donors (Lipinski definition) is 0. The third-order valence-corrected chi connectivity index (χ3v) is 3.52. The maximum absolute atomic E-state index is 5.88. The predicted octanol–water partition coefficient (Wildman–Crippen LogP) is 2.69. The van der Waals surface area contributed by atoms with Gasteiger partial charge in [0.05, 0.1) is 6.20 Å². The molecule has 0 aliphatic carbocycles. The third kappa shape index (κ3) is 2.31. The molecular weight excluding hydrogens is 244 g/mol. The topological polar surface area (TPSA) is 51.6 Å². The van der Waals surface area contributed by atoms with Gasteiger partial charge in [0.2, 0.25) is 0 Å². The van der Waals surface area contributed by atoms with E-state index in [1.807, 2.05) is 13.8 Å². The van der Waals surface area contributed by atoms with Gasteiger partial charge in [0.25, 0.3) is 0 Å². The molecule has 6 heteroatoms. The van der Waals surface area contributed by atoms with Gasteiger partial charge in [-0.15, -0.1) is 10.2 Å². The Labute approximate surface area is 102 Å². The highest BCUT2D eigenvalue weighted by Gasteiger charge is 2.09. The van der Waals surface area contributed by atoms with Crippen molar-refractivity contribution in [3.8, 4) is 0 Å².